The van der Waals surface area contributed by atoms with E-state index in [9.17, 15) is 0 Å². The van der Waals surface area contributed by atoms with Crippen LogP contribution < -0.4 is 10.6 Å². The van der Waals surface area contributed by atoms with E-state index in [1.165, 1.54) is 17.9 Å². The average molecular weight is 387 g/mol. The number of hydrogen-bond acceptors (Lipinski definition) is 6. The van der Waals surface area contributed by atoms with Crippen molar-refractivity contribution in [3.8, 4) is 0 Å². The van der Waals surface area contributed by atoms with Gasteiger partial charge in [0.05, 0.1) is 25.9 Å². The van der Waals surface area contributed by atoms with Crippen molar-refractivity contribution >= 4 is 17.7 Å². The van der Waals surface area contributed by atoms with Crippen molar-refractivity contribution in [3.63, 3.8) is 0 Å². The van der Waals surface area contributed by atoms with Crippen molar-refractivity contribution in [2.45, 2.75) is 30.9 Å². The van der Waals surface area contributed by atoms with E-state index in [-0.39, 0.29) is 5.54 Å². The molecule has 0 saturated carbocycles. The Morgan fingerprint density at radius 2 is 2.15 bits per heavy atom. The second-order valence-electron chi connectivity index (χ2n) is 7.19. The Labute approximate surface area is 161 Å². The molecular weight excluding hydrogens is 352 g/mol. The molecule has 7 nitrogen and oxygen atoms in total. The van der Waals surface area contributed by atoms with Crippen LogP contribution >= 0.6 is 11.8 Å². The number of guanidine groups is 1. The first kappa shape index (κ1) is 20.2. The van der Waals surface area contributed by atoms with E-state index in [0.717, 1.165) is 78.0 Å². The Morgan fingerprint density at radius 1 is 1.27 bits per heavy atom. The van der Waals surface area contributed by atoms with E-state index in [1.54, 1.807) is 0 Å². The topological polar surface area (TPSA) is 67.4 Å². The molecule has 2 N–H and O–H groups in total. The summed E-state index contributed by atoms with van der Waals surface area (Å²) in [5.74, 6) is 3.32. The van der Waals surface area contributed by atoms with Crippen LogP contribution in [0.15, 0.2) is 4.99 Å². The molecule has 0 spiro atoms. The highest BCUT2D eigenvalue weighted by molar-refractivity contribution is 7.99. The Bertz CT molecular complexity index is 434. The molecule has 0 aliphatic carbocycles. The standard InChI is InChI=1S/C18H34N4O3S/c1-19-17(20-5-2-8-25-16-3-9-24-13-16)21-14-18(4-12-26-15-18)22-6-10-23-11-7-22/h16H,2-15H2,1H3,(H2,19,20,21). The van der Waals surface area contributed by atoms with Gasteiger partial charge in [0.25, 0.3) is 0 Å². The highest BCUT2D eigenvalue weighted by Crippen LogP contribution is 2.33. The zero-order valence-electron chi connectivity index (χ0n) is 16.0. The summed E-state index contributed by atoms with van der Waals surface area (Å²) in [5, 5.41) is 6.98. The van der Waals surface area contributed by atoms with Crippen LogP contribution in [0.4, 0.5) is 0 Å². The van der Waals surface area contributed by atoms with Crippen LogP contribution in [0, 0.1) is 0 Å². The zero-order chi connectivity index (χ0) is 18.1. The molecule has 0 radical (unpaired) electrons. The van der Waals surface area contributed by atoms with Gasteiger partial charge in [-0.2, -0.15) is 11.8 Å². The number of hydrogen-bond donors (Lipinski definition) is 2. The molecule has 3 rings (SSSR count). The molecule has 3 aliphatic rings. The number of nitrogens with one attached hydrogen (secondary N) is 2. The van der Waals surface area contributed by atoms with Crippen LogP contribution in [-0.4, -0.2) is 100 Å². The molecule has 2 unspecified atom stereocenters. The molecule has 3 saturated heterocycles. The van der Waals surface area contributed by atoms with Crippen LogP contribution in [-0.2, 0) is 14.2 Å². The SMILES string of the molecule is CN=C(NCCCOC1CCOC1)NCC1(N2CCOCC2)CCSC1. The summed E-state index contributed by atoms with van der Waals surface area (Å²) < 4.78 is 16.7. The number of thioether (sulfide) groups is 1. The number of nitrogens with zero attached hydrogens (tertiary/aromatic N) is 2. The van der Waals surface area contributed by atoms with Crippen molar-refractivity contribution in [1.82, 2.24) is 15.5 Å². The van der Waals surface area contributed by atoms with Crippen molar-refractivity contribution in [2.75, 3.05) is 77.8 Å². The molecule has 8 heteroatoms. The monoisotopic (exact) mass is 386 g/mol. The number of ether oxygens (including phenoxy) is 3. The molecule has 0 bridgehead atoms. The lowest BCUT2D eigenvalue weighted by Gasteiger charge is -2.43. The van der Waals surface area contributed by atoms with Crippen molar-refractivity contribution in [1.29, 1.82) is 0 Å². The van der Waals surface area contributed by atoms with Gasteiger partial charge in [0.2, 0.25) is 0 Å². The third kappa shape index (κ3) is 5.73. The van der Waals surface area contributed by atoms with Gasteiger partial charge >= 0.3 is 0 Å². The Hall–Kier alpha value is -0.540. The minimum Gasteiger partial charge on any atom is -0.379 e. The Kier molecular flexibility index (Phi) is 8.32. The molecule has 26 heavy (non-hydrogen) atoms. The summed E-state index contributed by atoms with van der Waals surface area (Å²) >= 11 is 2.06. The molecule has 3 heterocycles. The lowest BCUT2D eigenvalue weighted by Crippen LogP contribution is -2.60. The number of morpholine rings is 1. The van der Waals surface area contributed by atoms with E-state index in [2.05, 4.69) is 32.3 Å². The van der Waals surface area contributed by atoms with Crippen LogP contribution in [0.5, 0.6) is 0 Å². The van der Waals surface area contributed by atoms with Crippen molar-refractivity contribution in [3.05, 3.63) is 0 Å². The quantitative estimate of drug-likeness (QED) is 0.359. The fourth-order valence-electron chi connectivity index (χ4n) is 3.78. The van der Waals surface area contributed by atoms with Gasteiger partial charge in [0.1, 0.15) is 0 Å². The van der Waals surface area contributed by atoms with Crippen LogP contribution in [0.2, 0.25) is 0 Å². The van der Waals surface area contributed by atoms with E-state index in [1.807, 2.05) is 7.05 Å². The van der Waals surface area contributed by atoms with Crippen LogP contribution in [0.25, 0.3) is 0 Å². The summed E-state index contributed by atoms with van der Waals surface area (Å²) in [4.78, 5) is 7.00. The molecule has 150 valence electrons. The number of rotatable bonds is 8. The first-order chi connectivity index (χ1) is 12.8. The third-order valence-electron chi connectivity index (χ3n) is 5.43. The van der Waals surface area contributed by atoms with E-state index >= 15 is 0 Å². The molecule has 3 aliphatic heterocycles. The van der Waals surface area contributed by atoms with Crippen LogP contribution in [0.1, 0.15) is 19.3 Å². The summed E-state index contributed by atoms with van der Waals surface area (Å²) in [7, 11) is 1.84. The normalized spacial score (nSPS) is 30.7. The predicted molar refractivity (Wildman–Crippen MR) is 106 cm³/mol. The van der Waals surface area contributed by atoms with Crippen LogP contribution in [0.3, 0.4) is 0 Å². The van der Waals surface area contributed by atoms with Gasteiger partial charge in [-0.1, -0.05) is 0 Å². The molecule has 3 fully saturated rings. The van der Waals surface area contributed by atoms with Gasteiger partial charge in [-0.05, 0) is 25.0 Å². The third-order valence-corrected chi connectivity index (χ3v) is 6.66. The second kappa shape index (κ2) is 10.7. The van der Waals surface area contributed by atoms with Crippen molar-refractivity contribution < 1.29 is 14.2 Å². The van der Waals surface area contributed by atoms with E-state index < -0.39 is 0 Å². The van der Waals surface area contributed by atoms with Gasteiger partial charge < -0.3 is 24.8 Å². The van der Waals surface area contributed by atoms with E-state index in [4.69, 9.17) is 14.2 Å². The average Bonchev–Trinajstić information content (AvgIpc) is 3.37. The summed E-state index contributed by atoms with van der Waals surface area (Å²) in [6, 6.07) is 0. The van der Waals surface area contributed by atoms with Gasteiger partial charge in [0.15, 0.2) is 5.96 Å². The minimum atomic E-state index is 0.234. The van der Waals surface area contributed by atoms with Gasteiger partial charge in [-0.3, -0.25) is 9.89 Å². The maximum atomic E-state index is 5.81. The Balaban J connectivity index is 1.36. The molecule has 2 atom stereocenters. The molecule has 0 amide bonds. The van der Waals surface area contributed by atoms with Gasteiger partial charge in [-0.25, -0.2) is 0 Å². The fourth-order valence-corrected chi connectivity index (χ4v) is 5.25. The second-order valence-corrected chi connectivity index (χ2v) is 8.29. The zero-order valence-corrected chi connectivity index (χ0v) is 16.8. The first-order valence-electron chi connectivity index (χ1n) is 9.87. The summed E-state index contributed by atoms with van der Waals surface area (Å²) in [5.41, 5.74) is 0.234. The maximum Gasteiger partial charge on any atom is 0.191 e. The highest BCUT2D eigenvalue weighted by Gasteiger charge is 2.40. The predicted octanol–water partition coefficient (Wildman–Crippen LogP) is 0.555. The first-order valence-corrected chi connectivity index (χ1v) is 11.0. The molecule has 0 aromatic carbocycles. The largest absolute Gasteiger partial charge is 0.379 e. The Morgan fingerprint density at radius 3 is 2.85 bits per heavy atom. The van der Waals surface area contributed by atoms with Gasteiger partial charge in [0, 0.05) is 57.7 Å². The van der Waals surface area contributed by atoms with E-state index in [0.29, 0.717) is 6.10 Å². The molecular formula is C18H34N4O3S. The lowest BCUT2D eigenvalue weighted by atomic mass is 9.95. The summed E-state index contributed by atoms with van der Waals surface area (Å²) in [6.07, 6.45) is 3.53. The smallest absolute Gasteiger partial charge is 0.191 e. The highest BCUT2D eigenvalue weighted by atomic mass is 32.2. The minimum absolute atomic E-state index is 0.234. The van der Waals surface area contributed by atoms with Crippen molar-refractivity contribution in [2.24, 2.45) is 4.99 Å². The van der Waals surface area contributed by atoms with Gasteiger partial charge in [-0.15, -0.1) is 0 Å². The molecule has 0 aromatic rings. The summed E-state index contributed by atoms with van der Waals surface area (Å²) in [6.45, 7) is 7.94. The maximum absolute atomic E-state index is 5.81. The number of aliphatic imine (C=N–C) groups is 1. The fraction of sp³-hybridized carbons (Fsp3) is 0.944. The lowest BCUT2D eigenvalue weighted by molar-refractivity contribution is -0.0120. The molecule has 0 aromatic heterocycles.